The number of hydrogen-bond acceptors (Lipinski definition) is 7. The van der Waals surface area contributed by atoms with Crippen molar-refractivity contribution in [3.05, 3.63) is 52.8 Å². The number of anilines is 1. The minimum Gasteiger partial charge on any atom is -0.387 e. The van der Waals surface area contributed by atoms with Gasteiger partial charge in [-0.05, 0) is 45.7 Å². The maximum atomic E-state index is 13.3. The maximum absolute atomic E-state index is 13.3. The van der Waals surface area contributed by atoms with Crippen LogP contribution < -0.4 is 10.6 Å². The second-order valence-corrected chi connectivity index (χ2v) is 9.32. The Kier molecular flexibility index (Phi) is 6.48. The number of fused-ring (bicyclic) bond motifs is 2. The highest BCUT2D eigenvalue weighted by atomic mass is 32.1. The van der Waals surface area contributed by atoms with Crippen LogP contribution in [0.5, 0.6) is 0 Å². The summed E-state index contributed by atoms with van der Waals surface area (Å²) in [7, 11) is 1.75. The lowest BCUT2D eigenvalue weighted by atomic mass is 9.86. The van der Waals surface area contributed by atoms with Crippen molar-refractivity contribution >= 4 is 39.3 Å². The first-order valence-electron chi connectivity index (χ1n) is 10.7. The smallest absolute Gasteiger partial charge is 0.178 e. The van der Waals surface area contributed by atoms with Gasteiger partial charge in [-0.15, -0.1) is 0 Å². The Morgan fingerprint density at radius 1 is 1.19 bits per heavy atom. The Labute approximate surface area is 190 Å². The van der Waals surface area contributed by atoms with Gasteiger partial charge in [0.2, 0.25) is 0 Å². The fourth-order valence-electron chi connectivity index (χ4n) is 4.26. The molecule has 0 aliphatic carbocycles. The van der Waals surface area contributed by atoms with Gasteiger partial charge in [0.25, 0.3) is 0 Å². The molecule has 1 aliphatic rings. The van der Waals surface area contributed by atoms with Gasteiger partial charge in [0.15, 0.2) is 22.8 Å². The molecule has 168 valence electrons. The largest absolute Gasteiger partial charge is 0.387 e. The summed E-state index contributed by atoms with van der Waals surface area (Å²) in [5.41, 5.74) is 3.88. The van der Waals surface area contributed by atoms with Gasteiger partial charge in [0, 0.05) is 49.2 Å². The summed E-state index contributed by atoms with van der Waals surface area (Å²) in [6, 6.07) is 6.53. The molecule has 4 aromatic heterocycles. The second kappa shape index (κ2) is 9.30. The van der Waals surface area contributed by atoms with E-state index in [4.69, 9.17) is 4.98 Å². The molecule has 0 aromatic carbocycles. The standard InChI is InChI=1S/C14H17N3OS.C9H10FN3/c1-8-5-10(6-9(2)15-8)11-3-4-12-14(17-11)19-13(7-18)16-12;1-6-4-13-5-7(11-2)3-8(10)9(13)12-6/h3-4,7-10,15H,5-6H2,1-2H3;3-5,11H,1-2H3. The lowest BCUT2D eigenvalue weighted by molar-refractivity contribution is 0.112. The first-order valence-corrected chi connectivity index (χ1v) is 11.5. The zero-order valence-corrected chi connectivity index (χ0v) is 19.4. The molecule has 32 heavy (non-hydrogen) atoms. The van der Waals surface area contributed by atoms with Crippen LogP contribution in [0.1, 0.15) is 53.8 Å². The number of aryl methyl sites for hydroxylation is 1. The monoisotopic (exact) mass is 454 g/mol. The molecule has 1 aliphatic heterocycles. The number of thiazole rings is 1. The highest BCUT2D eigenvalue weighted by Gasteiger charge is 2.25. The van der Waals surface area contributed by atoms with E-state index in [-0.39, 0.29) is 5.82 Å². The lowest BCUT2D eigenvalue weighted by Gasteiger charge is -2.32. The van der Waals surface area contributed by atoms with Gasteiger partial charge in [-0.3, -0.25) is 4.79 Å². The minimum atomic E-state index is -0.306. The van der Waals surface area contributed by atoms with Crippen molar-refractivity contribution in [1.82, 2.24) is 24.7 Å². The van der Waals surface area contributed by atoms with Gasteiger partial charge in [0.1, 0.15) is 10.3 Å². The minimum absolute atomic E-state index is 0.306. The molecule has 9 heteroatoms. The van der Waals surface area contributed by atoms with Gasteiger partial charge in [-0.2, -0.15) is 0 Å². The van der Waals surface area contributed by atoms with Crippen molar-refractivity contribution < 1.29 is 9.18 Å². The van der Waals surface area contributed by atoms with Gasteiger partial charge in [-0.1, -0.05) is 11.3 Å². The average molecular weight is 455 g/mol. The topological polar surface area (TPSA) is 84.2 Å². The maximum Gasteiger partial charge on any atom is 0.178 e. The zero-order chi connectivity index (χ0) is 22.8. The predicted octanol–water partition coefficient (Wildman–Crippen LogP) is 4.57. The van der Waals surface area contributed by atoms with Crippen LogP contribution in [0.4, 0.5) is 10.1 Å². The molecular weight excluding hydrogens is 427 g/mol. The third-order valence-corrected chi connectivity index (χ3v) is 6.46. The summed E-state index contributed by atoms with van der Waals surface area (Å²) in [5, 5.41) is 6.93. The SMILES string of the molecule is CC1CC(c2ccc3nc(C=O)sc3n2)CC(C)N1.CNc1cc(F)c2nc(C)cn2c1. The molecule has 2 unspecified atom stereocenters. The Morgan fingerprint density at radius 3 is 2.62 bits per heavy atom. The lowest BCUT2D eigenvalue weighted by Crippen LogP contribution is -2.41. The van der Waals surface area contributed by atoms with Gasteiger partial charge < -0.3 is 15.0 Å². The summed E-state index contributed by atoms with van der Waals surface area (Å²) in [6.07, 6.45) is 6.61. The summed E-state index contributed by atoms with van der Waals surface area (Å²) in [5.74, 6) is 0.192. The van der Waals surface area contributed by atoms with E-state index in [0.717, 1.165) is 46.6 Å². The van der Waals surface area contributed by atoms with Crippen LogP contribution in [0.3, 0.4) is 0 Å². The third kappa shape index (κ3) is 4.78. The molecule has 2 N–H and O–H groups in total. The van der Waals surface area contributed by atoms with Crippen LogP contribution in [0, 0.1) is 12.7 Å². The summed E-state index contributed by atoms with van der Waals surface area (Å²) in [6.45, 7) is 6.28. The van der Waals surface area contributed by atoms with E-state index >= 15 is 0 Å². The molecule has 4 aromatic rings. The molecule has 1 fully saturated rings. The number of hydrogen-bond donors (Lipinski definition) is 2. The van der Waals surface area contributed by atoms with Crippen LogP contribution in [-0.4, -0.2) is 44.8 Å². The number of pyridine rings is 2. The van der Waals surface area contributed by atoms with E-state index in [9.17, 15) is 9.18 Å². The van der Waals surface area contributed by atoms with Crippen molar-refractivity contribution in [2.75, 3.05) is 12.4 Å². The van der Waals surface area contributed by atoms with Crippen molar-refractivity contribution in [3.8, 4) is 0 Å². The molecule has 7 nitrogen and oxygen atoms in total. The number of nitrogens with zero attached hydrogens (tertiary/aromatic N) is 4. The number of rotatable bonds is 3. The Bertz CT molecular complexity index is 1240. The molecule has 5 rings (SSSR count). The van der Waals surface area contributed by atoms with E-state index in [1.54, 1.807) is 23.8 Å². The quantitative estimate of drug-likeness (QED) is 0.441. The number of carbonyl (C=O) groups excluding carboxylic acids is 1. The third-order valence-electron chi connectivity index (χ3n) is 5.57. The van der Waals surface area contributed by atoms with Crippen molar-refractivity contribution in [2.24, 2.45) is 0 Å². The van der Waals surface area contributed by atoms with Crippen LogP contribution in [0.25, 0.3) is 16.0 Å². The Hall–Kier alpha value is -2.91. The van der Waals surface area contributed by atoms with Crippen molar-refractivity contribution in [2.45, 2.75) is 51.6 Å². The van der Waals surface area contributed by atoms with Gasteiger partial charge in [0.05, 0.1) is 11.4 Å². The van der Waals surface area contributed by atoms with E-state index in [1.165, 1.54) is 17.4 Å². The first kappa shape index (κ1) is 22.3. The molecule has 2 atom stereocenters. The van der Waals surface area contributed by atoms with Crippen LogP contribution in [-0.2, 0) is 0 Å². The average Bonchev–Trinajstić information content (AvgIpc) is 3.35. The van der Waals surface area contributed by atoms with Crippen LogP contribution >= 0.6 is 11.3 Å². The summed E-state index contributed by atoms with van der Waals surface area (Å²) < 4.78 is 15.0. The van der Waals surface area contributed by atoms with Gasteiger partial charge >= 0.3 is 0 Å². The van der Waals surface area contributed by atoms with E-state index in [0.29, 0.717) is 28.7 Å². The summed E-state index contributed by atoms with van der Waals surface area (Å²) >= 11 is 1.37. The molecule has 5 heterocycles. The number of carbonyl (C=O) groups is 1. The molecule has 0 bridgehead atoms. The molecule has 0 radical (unpaired) electrons. The molecule has 1 saturated heterocycles. The highest BCUT2D eigenvalue weighted by Crippen LogP contribution is 2.31. The summed E-state index contributed by atoms with van der Waals surface area (Å²) in [4.78, 5) is 24.6. The number of imidazole rings is 1. The predicted molar refractivity (Wildman–Crippen MR) is 126 cm³/mol. The first-order chi connectivity index (χ1) is 15.4. The van der Waals surface area contributed by atoms with E-state index in [2.05, 4.69) is 40.5 Å². The second-order valence-electron chi connectivity index (χ2n) is 8.31. The molecule has 0 spiro atoms. The van der Waals surface area contributed by atoms with Crippen LogP contribution in [0.2, 0.25) is 0 Å². The highest BCUT2D eigenvalue weighted by molar-refractivity contribution is 7.19. The number of halogens is 1. The van der Waals surface area contributed by atoms with Crippen molar-refractivity contribution in [3.63, 3.8) is 0 Å². The van der Waals surface area contributed by atoms with Crippen molar-refractivity contribution in [1.29, 1.82) is 0 Å². The molecular formula is C23H27FN6OS. The van der Waals surface area contributed by atoms with Crippen LogP contribution in [0.15, 0.2) is 30.6 Å². The van der Waals surface area contributed by atoms with E-state index in [1.807, 2.05) is 13.0 Å². The normalized spacial score (nSPS) is 20.7. The molecule has 0 saturated carbocycles. The van der Waals surface area contributed by atoms with E-state index < -0.39 is 0 Å². The number of nitrogens with one attached hydrogen (secondary N) is 2. The fraction of sp³-hybridized carbons (Fsp3) is 0.391. The van der Waals surface area contributed by atoms with Gasteiger partial charge in [-0.25, -0.2) is 19.3 Å². The number of aromatic nitrogens is 4. The Morgan fingerprint density at radius 2 is 1.94 bits per heavy atom. The Balaban J connectivity index is 0.000000165. The molecule has 0 amide bonds. The number of piperidine rings is 1. The zero-order valence-electron chi connectivity index (χ0n) is 18.6. The number of aldehydes is 1. The fourth-order valence-corrected chi connectivity index (χ4v) is 5.01.